The zero-order valence-electron chi connectivity index (χ0n) is 17.2. The number of ether oxygens (including phenoxy) is 2. The van der Waals surface area contributed by atoms with Crippen LogP contribution < -0.4 is 11.1 Å². The van der Waals surface area contributed by atoms with Crippen molar-refractivity contribution in [3.8, 4) is 0 Å². The van der Waals surface area contributed by atoms with Crippen LogP contribution in [0, 0.1) is 5.82 Å². The quantitative estimate of drug-likeness (QED) is 0.565. The van der Waals surface area contributed by atoms with Crippen LogP contribution in [-0.4, -0.2) is 35.1 Å². The van der Waals surface area contributed by atoms with Crippen molar-refractivity contribution < 1.29 is 28.2 Å². The molecule has 1 unspecified atom stereocenters. The molecule has 0 heterocycles. The summed E-state index contributed by atoms with van der Waals surface area (Å²) in [6.45, 7) is 10.3. The predicted molar refractivity (Wildman–Crippen MR) is 103 cm³/mol. The number of nitrogen functional groups attached to an aromatic ring is 1. The molecule has 8 heteroatoms. The maximum atomic E-state index is 13.6. The number of benzene rings is 1. The second-order valence-corrected chi connectivity index (χ2v) is 8.42. The van der Waals surface area contributed by atoms with Crippen LogP contribution in [0.2, 0.25) is 0 Å². The number of hydrogen-bond acceptors (Lipinski definition) is 6. The van der Waals surface area contributed by atoms with E-state index >= 15 is 0 Å². The number of hydrogen-bond donors (Lipinski definition) is 2. The van der Waals surface area contributed by atoms with Crippen LogP contribution in [0.1, 0.15) is 64.7 Å². The van der Waals surface area contributed by atoms with E-state index in [2.05, 4.69) is 5.32 Å². The lowest BCUT2D eigenvalue weighted by Crippen LogP contribution is -2.44. The molecule has 1 rings (SSSR count). The zero-order chi connectivity index (χ0) is 21.7. The minimum atomic E-state index is -1.10. The predicted octanol–water partition coefficient (Wildman–Crippen LogP) is 2.97. The Kier molecular flexibility index (Phi) is 7.55. The van der Waals surface area contributed by atoms with Crippen LogP contribution in [0.5, 0.6) is 0 Å². The fraction of sp³-hybridized carbons (Fsp3) is 0.550. The highest BCUT2D eigenvalue weighted by Crippen LogP contribution is 2.15. The summed E-state index contributed by atoms with van der Waals surface area (Å²) in [5, 5.41) is 2.49. The molecular weight excluding hydrogens is 367 g/mol. The summed E-state index contributed by atoms with van der Waals surface area (Å²) in [4.78, 5) is 36.8. The van der Waals surface area contributed by atoms with Gasteiger partial charge in [-0.05, 0) is 66.2 Å². The molecule has 3 N–H and O–H groups in total. The number of carbonyl (C=O) groups excluding carboxylic acids is 3. The van der Waals surface area contributed by atoms with Gasteiger partial charge in [0, 0.05) is 12.0 Å². The summed E-state index contributed by atoms with van der Waals surface area (Å²) in [7, 11) is 0. The van der Waals surface area contributed by atoms with Gasteiger partial charge < -0.3 is 20.5 Å². The number of nitrogens with one attached hydrogen (secondary N) is 1. The molecule has 28 heavy (non-hydrogen) atoms. The SMILES string of the molecule is CC(C)(C)OC(=O)CCC(NC(=O)c1ccc(N)c(F)c1)C(=O)OC(C)(C)C. The molecule has 0 fully saturated rings. The van der Waals surface area contributed by atoms with Gasteiger partial charge in [-0.25, -0.2) is 9.18 Å². The first-order valence-corrected chi connectivity index (χ1v) is 8.98. The van der Waals surface area contributed by atoms with Crippen LogP contribution in [0.15, 0.2) is 18.2 Å². The summed E-state index contributed by atoms with van der Waals surface area (Å²) < 4.78 is 24.1. The Labute approximate surface area is 164 Å². The number of rotatable bonds is 6. The molecule has 0 saturated carbocycles. The third kappa shape index (κ3) is 8.37. The molecule has 0 saturated heterocycles. The van der Waals surface area contributed by atoms with Crippen LogP contribution >= 0.6 is 0 Å². The van der Waals surface area contributed by atoms with Crippen molar-refractivity contribution in [3.63, 3.8) is 0 Å². The number of esters is 2. The van der Waals surface area contributed by atoms with Crippen molar-refractivity contribution in [2.75, 3.05) is 5.73 Å². The van der Waals surface area contributed by atoms with E-state index in [0.29, 0.717) is 0 Å². The van der Waals surface area contributed by atoms with E-state index in [9.17, 15) is 18.8 Å². The van der Waals surface area contributed by atoms with Gasteiger partial charge in [0.25, 0.3) is 5.91 Å². The Hall–Kier alpha value is -2.64. The number of halogens is 1. The van der Waals surface area contributed by atoms with E-state index in [-0.39, 0.29) is 24.1 Å². The van der Waals surface area contributed by atoms with Crippen LogP contribution in [0.25, 0.3) is 0 Å². The normalized spacial score (nSPS) is 12.8. The maximum Gasteiger partial charge on any atom is 0.329 e. The molecule has 1 amide bonds. The zero-order valence-corrected chi connectivity index (χ0v) is 17.2. The van der Waals surface area contributed by atoms with E-state index in [1.807, 2.05) is 0 Å². The summed E-state index contributed by atoms with van der Waals surface area (Å²) in [5.41, 5.74) is 3.87. The maximum absolute atomic E-state index is 13.6. The molecule has 0 bridgehead atoms. The Morgan fingerprint density at radius 1 is 1.07 bits per heavy atom. The topological polar surface area (TPSA) is 108 Å². The van der Waals surface area contributed by atoms with Gasteiger partial charge in [-0.15, -0.1) is 0 Å². The lowest BCUT2D eigenvalue weighted by atomic mass is 10.1. The first-order valence-electron chi connectivity index (χ1n) is 8.98. The van der Waals surface area contributed by atoms with Gasteiger partial charge in [-0.1, -0.05) is 0 Å². The second kappa shape index (κ2) is 9.03. The highest BCUT2D eigenvalue weighted by Gasteiger charge is 2.28. The lowest BCUT2D eigenvalue weighted by molar-refractivity contribution is -0.158. The number of carbonyl (C=O) groups is 3. The third-order valence-electron chi connectivity index (χ3n) is 3.32. The number of amides is 1. The minimum absolute atomic E-state index is 0.00229. The molecule has 1 atom stereocenters. The van der Waals surface area contributed by atoms with Gasteiger partial charge in [0.05, 0.1) is 5.69 Å². The Morgan fingerprint density at radius 3 is 2.14 bits per heavy atom. The molecule has 0 aromatic heterocycles. The highest BCUT2D eigenvalue weighted by atomic mass is 19.1. The van der Waals surface area contributed by atoms with Gasteiger partial charge in [0.15, 0.2) is 0 Å². The monoisotopic (exact) mass is 396 g/mol. The van der Waals surface area contributed by atoms with Crippen LogP contribution in [0.3, 0.4) is 0 Å². The fourth-order valence-corrected chi connectivity index (χ4v) is 2.19. The van der Waals surface area contributed by atoms with Gasteiger partial charge in [-0.3, -0.25) is 9.59 Å². The Balaban J connectivity index is 2.90. The average molecular weight is 396 g/mol. The average Bonchev–Trinajstić information content (AvgIpc) is 2.50. The van der Waals surface area contributed by atoms with Gasteiger partial charge in [0.2, 0.25) is 0 Å². The lowest BCUT2D eigenvalue weighted by Gasteiger charge is -2.25. The van der Waals surface area contributed by atoms with Crippen molar-refractivity contribution in [2.24, 2.45) is 0 Å². The summed E-state index contributed by atoms with van der Waals surface area (Å²) in [6.07, 6.45) is -0.120. The van der Waals surface area contributed by atoms with Gasteiger partial charge >= 0.3 is 11.9 Å². The first-order chi connectivity index (χ1) is 12.7. The third-order valence-corrected chi connectivity index (χ3v) is 3.32. The Bertz CT molecular complexity index is 735. The van der Waals surface area contributed by atoms with E-state index in [0.717, 1.165) is 6.07 Å². The molecule has 0 radical (unpaired) electrons. The molecule has 0 aliphatic rings. The molecule has 1 aromatic carbocycles. The molecule has 156 valence electrons. The van der Waals surface area contributed by atoms with Crippen molar-refractivity contribution >= 4 is 23.5 Å². The van der Waals surface area contributed by atoms with E-state index < -0.39 is 40.9 Å². The van der Waals surface area contributed by atoms with Crippen molar-refractivity contribution in [1.29, 1.82) is 0 Å². The number of anilines is 1. The van der Waals surface area contributed by atoms with Crippen LogP contribution in [0.4, 0.5) is 10.1 Å². The molecule has 0 spiro atoms. The van der Waals surface area contributed by atoms with E-state index in [1.165, 1.54) is 12.1 Å². The molecule has 0 aliphatic heterocycles. The minimum Gasteiger partial charge on any atom is -0.460 e. The van der Waals surface area contributed by atoms with Crippen molar-refractivity contribution in [2.45, 2.75) is 71.6 Å². The highest BCUT2D eigenvalue weighted by molar-refractivity contribution is 5.97. The van der Waals surface area contributed by atoms with Gasteiger partial charge in [0.1, 0.15) is 23.1 Å². The largest absolute Gasteiger partial charge is 0.460 e. The molecule has 1 aromatic rings. The number of nitrogens with two attached hydrogens (primary N) is 1. The summed E-state index contributed by atoms with van der Waals surface area (Å²) in [6, 6.07) is 2.48. The second-order valence-electron chi connectivity index (χ2n) is 8.42. The molecular formula is C20H29FN2O5. The van der Waals surface area contributed by atoms with Gasteiger partial charge in [-0.2, -0.15) is 0 Å². The summed E-state index contributed by atoms with van der Waals surface area (Å²) in [5.74, 6) is -2.62. The van der Waals surface area contributed by atoms with E-state index in [1.54, 1.807) is 41.5 Å². The smallest absolute Gasteiger partial charge is 0.329 e. The van der Waals surface area contributed by atoms with E-state index in [4.69, 9.17) is 15.2 Å². The Morgan fingerprint density at radius 2 is 1.64 bits per heavy atom. The van der Waals surface area contributed by atoms with Crippen molar-refractivity contribution in [3.05, 3.63) is 29.6 Å². The molecule has 0 aliphatic carbocycles. The van der Waals surface area contributed by atoms with Crippen LogP contribution in [-0.2, 0) is 19.1 Å². The molecule has 7 nitrogen and oxygen atoms in total. The fourth-order valence-electron chi connectivity index (χ4n) is 2.19. The standard InChI is InChI=1S/C20H29FN2O5/c1-19(2,3)27-16(24)10-9-15(18(26)28-20(4,5)6)23-17(25)12-7-8-14(22)13(21)11-12/h7-8,11,15H,9-10,22H2,1-6H3,(H,23,25). The van der Waals surface area contributed by atoms with Crippen molar-refractivity contribution in [1.82, 2.24) is 5.32 Å². The summed E-state index contributed by atoms with van der Waals surface area (Å²) >= 11 is 0. The first kappa shape index (κ1) is 23.4.